The highest BCUT2D eigenvalue weighted by atomic mass is 79.9. The minimum absolute atomic E-state index is 0.290. The molecule has 0 spiro atoms. The quantitative estimate of drug-likeness (QED) is 0.229. The van der Waals surface area contributed by atoms with Crippen molar-refractivity contribution in [2.75, 3.05) is 0 Å². The van der Waals surface area contributed by atoms with Gasteiger partial charge in [-0.25, -0.2) is 0 Å². The summed E-state index contributed by atoms with van der Waals surface area (Å²) in [6.45, 7) is 0. The molecule has 0 fully saturated rings. The number of rotatable bonds is 1. The zero-order valence-corrected chi connectivity index (χ0v) is 19.5. The molecule has 0 amide bonds. The van der Waals surface area contributed by atoms with Crippen molar-refractivity contribution in [1.29, 1.82) is 0 Å². The fraction of sp³-hybridized carbons (Fsp3) is 0.0909. The smallest absolute Gasteiger partial charge is 0.125 e. The molecule has 0 saturated heterocycles. The fourth-order valence-electron chi connectivity index (χ4n) is 3.88. The van der Waals surface area contributed by atoms with Gasteiger partial charge in [-0.2, -0.15) is 0 Å². The number of allylic oxidation sites excluding steroid dienone is 3. The van der Waals surface area contributed by atoms with Gasteiger partial charge in [0.15, 0.2) is 0 Å². The second kappa shape index (κ2) is 6.45. The normalized spacial score (nSPS) is 20.3. The number of fused-ring (bicyclic) bond motifs is 4. The van der Waals surface area contributed by atoms with E-state index in [-0.39, 0.29) is 5.76 Å². The predicted molar refractivity (Wildman–Crippen MR) is 127 cm³/mol. The lowest BCUT2D eigenvalue weighted by atomic mass is 9.85. The summed E-state index contributed by atoms with van der Waals surface area (Å²) in [5, 5.41) is 15.0. The molecule has 1 aromatic heterocycles. The highest BCUT2D eigenvalue weighted by molar-refractivity contribution is 9.12. The first-order valence-corrected chi connectivity index (χ1v) is 11.7. The Morgan fingerprint density at radius 1 is 0.926 bits per heavy atom. The molecule has 0 bridgehead atoms. The van der Waals surface area contributed by atoms with Crippen molar-refractivity contribution in [2.24, 2.45) is 0 Å². The van der Waals surface area contributed by atoms with Crippen LogP contribution < -0.4 is 0 Å². The van der Waals surface area contributed by atoms with E-state index in [0.717, 1.165) is 8.96 Å². The van der Waals surface area contributed by atoms with Crippen molar-refractivity contribution in [3.05, 3.63) is 81.0 Å². The third-order valence-electron chi connectivity index (χ3n) is 5.09. The van der Waals surface area contributed by atoms with E-state index >= 15 is 0 Å². The Morgan fingerprint density at radius 2 is 1.59 bits per heavy atom. The highest BCUT2D eigenvalue weighted by Gasteiger charge is 2.35. The molecule has 1 unspecified atom stereocenters. The van der Waals surface area contributed by atoms with E-state index in [4.69, 9.17) is 0 Å². The van der Waals surface area contributed by atoms with Crippen LogP contribution in [-0.2, 0) is 4.32 Å². The van der Waals surface area contributed by atoms with Gasteiger partial charge in [-0.1, -0.05) is 80.4 Å². The van der Waals surface area contributed by atoms with Crippen LogP contribution in [0.4, 0.5) is 0 Å². The lowest BCUT2D eigenvalue weighted by molar-refractivity contribution is 0.422. The number of thiophene rings is 1. The molecule has 0 radical (unpaired) electrons. The predicted octanol–water partition coefficient (Wildman–Crippen LogP) is 8.68. The zero-order valence-electron chi connectivity index (χ0n) is 14.0. The molecule has 5 heteroatoms. The molecule has 0 aliphatic heterocycles. The first kappa shape index (κ1) is 17.9. The summed E-state index contributed by atoms with van der Waals surface area (Å²) in [6, 6.07) is 17.1. The van der Waals surface area contributed by atoms with Crippen LogP contribution in [0.25, 0.3) is 30.9 Å². The molecule has 1 N–H and O–H groups in total. The van der Waals surface area contributed by atoms with Gasteiger partial charge in [0, 0.05) is 30.8 Å². The van der Waals surface area contributed by atoms with Crippen LogP contribution in [0, 0.1) is 0 Å². The lowest BCUT2D eigenvalue weighted by Crippen LogP contribution is -2.19. The Bertz CT molecular complexity index is 1300. The van der Waals surface area contributed by atoms with E-state index < -0.39 is 4.32 Å². The summed E-state index contributed by atoms with van der Waals surface area (Å²) in [5.41, 5.74) is 1.24. The molecular weight excluding hydrogens is 552 g/mol. The average molecular weight is 565 g/mol. The number of aliphatic hydroxyl groups is 1. The van der Waals surface area contributed by atoms with Crippen LogP contribution in [0.15, 0.2) is 75.4 Å². The number of hydrogen-bond acceptors (Lipinski definition) is 2. The molecule has 1 nitrogen and oxygen atoms in total. The molecule has 1 heterocycles. The Hall–Kier alpha value is -1.14. The van der Waals surface area contributed by atoms with Gasteiger partial charge in [0.05, 0.1) is 9.02 Å². The SMILES string of the molecule is OC1=C(Br)CC(Br)(c2c3ccccc3c(Br)c3sc4ccccc4c23)C=C1. The van der Waals surface area contributed by atoms with Crippen LogP contribution in [0.2, 0.25) is 0 Å². The van der Waals surface area contributed by atoms with E-state index in [1.165, 1.54) is 36.5 Å². The maximum atomic E-state index is 10.1. The molecule has 5 rings (SSSR count). The standard InChI is InChI=1S/C22H13Br3OS/c23-15-11-22(25,10-9-16(15)26)19-12-5-1-2-6-13(12)20(24)21-18(19)14-7-3-4-8-17(14)27-21/h1-10,26H,11H2. The monoisotopic (exact) mass is 562 g/mol. The Labute approximate surface area is 185 Å². The molecule has 134 valence electrons. The largest absolute Gasteiger partial charge is 0.507 e. The van der Waals surface area contributed by atoms with Crippen molar-refractivity contribution in [3.63, 3.8) is 0 Å². The van der Waals surface area contributed by atoms with Gasteiger partial charge in [0.2, 0.25) is 0 Å². The first-order valence-electron chi connectivity index (χ1n) is 8.47. The van der Waals surface area contributed by atoms with Gasteiger partial charge < -0.3 is 5.11 Å². The molecule has 27 heavy (non-hydrogen) atoms. The molecule has 1 aliphatic carbocycles. The summed E-state index contributed by atoms with van der Waals surface area (Å²) >= 11 is 13.3. The van der Waals surface area contributed by atoms with Gasteiger partial charge in [0.25, 0.3) is 0 Å². The van der Waals surface area contributed by atoms with Crippen LogP contribution in [0.5, 0.6) is 0 Å². The van der Waals surface area contributed by atoms with E-state index in [1.807, 2.05) is 11.3 Å². The lowest BCUT2D eigenvalue weighted by Gasteiger charge is -2.30. The molecule has 0 saturated carbocycles. The minimum atomic E-state index is -0.402. The van der Waals surface area contributed by atoms with Crippen LogP contribution in [0.1, 0.15) is 12.0 Å². The number of benzene rings is 3. The maximum absolute atomic E-state index is 10.1. The summed E-state index contributed by atoms with van der Waals surface area (Å²) in [7, 11) is 0. The molecule has 3 aromatic carbocycles. The van der Waals surface area contributed by atoms with Gasteiger partial charge >= 0.3 is 0 Å². The van der Waals surface area contributed by atoms with E-state index in [2.05, 4.69) is 102 Å². The minimum Gasteiger partial charge on any atom is -0.507 e. The van der Waals surface area contributed by atoms with Crippen LogP contribution in [-0.4, -0.2) is 5.11 Å². The van der Waals surface area contributed by atoms with E-state index in [9.17, 15) is 5.11 Å². The second-order valence-electron chi connectivity index (χ2n) is 6.70. The Kier molecular flexibility index (Phi) is 4.28. The van der Waals surface area contributed by atoms with Gasteiger partial charge in [-0.05, 0) is 44.4 Å². The van der Waals surface area contributed by atoms with Gasteiger partial charge in [-0.3, -0.25) is 0 Å². The van der Waals surface area contributed by atoms with E-state index in [1.54, 1.807) is 6.08 Å². The maximum Gasteiger partial charge on any atom is 0.125 e. The number of aliphatic hydroxyl groups excluding tert-OH is 1. The van der Waals surface area contributed by atoms with Crippen molar-refractivity contribution in [3.8, 4) is 0 Å². The summed E-state index contributed by atoms with van der Waals surface area (Å²) in [6.07, 6.45) is 4.49. The second-order valence-corrected chi connectivity index (χ2v) is 10.9. The topological polar surface area (TPSA) is 20.2 Å². The number of alkyl halides is 1. The van der Waals surface area contributed by atoms with Crippen molar-refractivity contribution >= 4 is 90.1 Å². The average Bonchev–Trinajstić information content (AvgIpc) is 3.05. The molecule has 1 aliphatic rings. The molecule has 1 atom stereocenters. The van der Waals surface area contributed by atoms with E-state index in [0.29, 0.717) is 6.42 Å². The molecular formula is C22H13Br3OS. The van der Waals surface area contributed by atoms with Crippen LogP contribution in [0.3, 0.4) is 0 Å². The third kappa shape index (κ3) is 2.66. The number of halogens is 3. The Balaban J connectivity index is 2.01. The highest BCUT2D eigenvalue weighted by Crippen LogP contribution is 2.53. The van der Waals surface area contributed by atoms with Crippen molar-refractivity contribution in [1.82, 2.24) is 0 Å². The van der Waals surface area contributed by atoms with Gasteiger partial charge in [0.1, 0.15) is 5.76 Å². The number of hydrogen-bond donors (Lipinski definition) is 1. The summed E-state index contributed by atoms with van der Waals surface area (Å²) in [5.74, 6) is 0.290. The van der Waals surface area contributed by atoms with Gasteiger partial charge in [-0.15, -0.1) is 11.3 Å². The Morgan fingerprint density at radius 3 is 2.33 bits per heavy atom. The fourth-order valence-corrected chi connectivity index (χ4v) is 7.60. The summed E-state index contributed by atoms with van der Waals surface area (Å²) in [4.78, 5) is 0. The van der Waals surface area contributed by atoms with Crippen LogP contribution >= 0.6 is 59.1 Å². The zero-order chi connectivity index (χ0) is 18.8. The van der Waals surface area contributed by atoms with Crippen molar-refractivity contribution < 1.29 is 5.11 Å². The third-order valence-corrected chi connectivity index (χ3v) is 8.99. The molecule has 4 aromatic rings. The summed E-state index contributed by atoms with van der Waals surface area (Å²) < 4.78 is 4.08. The van der Waals surface area contributed by atoms with Crippen molar-refractivity contribution in [2.45, 2.75) is 10.7 Å². The first-order chi connectivity index (χ1) is 13.0.